The lowest BCUT2D eigenvalue weighted by atomic mass is 10.00. The number of likely N-dealkylation sites (tertiary alicyclic amines) is 1. The van der Waals surface area contributed by atoms with E-state index in [-0.39, 0.29) is 16.7 Å². The molecule has 2 amide bonds. The van der Waals surface area contributed by atoms with Crippen molar-refractivity contribution in [1.29, 1.82) is 0 Å². The van der Waals surface area contributed by atoms with Gasteiger partial charge in [0, 0.05) is 45.6 Å². The Hall–Kier alpha value is -1.97. The molecule has 2 heterocycles. The fraction of sp³-hybridized carbons (Fsp3) is 0.636. The Labute approximate surface area is 185 Å². The van der Waals surface area contributed by atoms with Gasteiger partial charge in [0.25, 0.3) is 0 Å². The summed E-state index contributed by atoms with van der Waals surface area (Å²) in [5.41, 5.74) is 0.898. The molecule has 1 aromatic carbocycles. The Bertz CT molecular complexity index is 850. The molecule has 0 radical (unpaired) electrons. The smallest absolute Gasteiger partial charge is 0.243 e. The summed E-state index contributed by atoms with van der Waals surface area (Å²) in [7, 11) is -3.51. The molecule has 0 bridgehead atoms. The summed E-state index contributed by atoms with van der Waals surface area (Å²) in [6, 6.07) is 6.69. The monoisotopic (exact) mass is 451 g/mol. The maximum Gasteiger partial charge on any atom is 0.243 e. The predicted molar refractivity (Wildman–Crippen MR) is 117 cm³/mol. The highest BCUT2D eigenvalue weighted by Crippen LogP contribution is 2.18. The van der Waals surface area contributed by atoms with Crippen molar-refractivity contribution in [3.05, 3.63) is 29.8 Å². The molecular weight excluding hydrogens is 418 g/mol. The van der Waals surface area contributed by atoms with Gasteiger partial charge in [-0.05, 0) is 42.9 Å². The van der Waals surface area contributed by atoms with Crippen LogP contribution in [0.5, 0.6) is 0 Å². The topological polar surface area (TPSA) is 96.0 Å². The minimum absolute atomic E-state index is 0.101. The molecule has 31 heavy (non-hydrogen) atoms. The average molecular weight is 452 g/mol. The lowest BCUT2D eigenvalue weighted by molar-refractivity contribution is -0.132. The summed E-state index contributed by atoms with van der Waals surface area (Å²) >= 11 is 0. The second-order valence-electron chi connectivity index (χ2n) is 8.35. The van der Waals surface area contributed by atoms with Crippen molar-refractivity contribution in [3.8, 4) is 0 Å². The van der Waals surface area contributed by atoms with Crippen molar-refractivity contribution in [2.45, 2.75) is 43.9 Å². The van der Waals surface area contributed by atoms with Crippen molar-refractivity contribution >= 4 is 21.8 Å². The van der Waals surface area contributed by atoms with E-state index in [1.54, 1.807) is 24.3 Å². The molecule has 8 nitrogen and oxygen atoms in total. The highest BCUT2D eigenvalue weighted by molar-refractivity contribution is 7.89. The fourth-order valence-corrected chi connectivity index (χ4v) is 5.40. The van der Waals surface area contributed by atoms with Crippen LogP contribution in [0.3, 0.4) is 0 Å². The SMILES string of the molecule is CC1CCCN(C(=O)CCNC(=O)CCc2ccc(S(=O)(=O)N3CCOCC3)cc2)C1. The molecule has 2 aliphatic heterocycles. The Balaban J connectivity index is 1.39. The van der Waals surface area contributed by atoms with Gasteiger partial charge in [-0.25, -0.2) is 8.42 Å². The van der Waals surface area contributed by atoms with Crippen LogP contribution in [0, 0.1) is 5.92 Å². The van der Waals surface area contributed by atoms with Crippen molar-refractivity contribution in [2.24, 2.45) is 5.92 Å². The number of rotatable bonds is 8. The number of morpholine rings is 1. The van der Waals surface area contributed by atoms with Crippen LogP contribution < -0.4 is 5.32 Å². The Morgan fingerprint density at radius 3 is 2.48 bits per heavy atom. The number of ether oxygens (including phenoxy) is 1. The third-order valence-electron chi connectivity index (χ3n) is 5.84. The van der Waals surface area contributed by atoms with Crippen LogP contribution in [0.25, 0.3) is 0 Å². The average Bonchev–Trinajstić information content (AvgIpc) is 2.78. The molecule has 1 aromatic rings. The third-order valence-corrected chi connectivity index (χ3v) is 7.76. The van der Waals surface area contributed by atoms with Crippen molar-refractivity contribution in [3.63, 3.8) is 0 Å². The number of sulfonamides is 1. The first-order valence-electron chi connectivity index (χ1n) is 11.1. The van der Waals surface area contributed by atoms with E-state index in [9.17, 15) is 18.0 Å². The number of amides is 2. The van der Waals surface area contributed by atoms with Crippen LogP contribution in [0.1, 0.15) is 38.2 Å². The second kappa shape index (κ2) is 11.1. The first-order valence-corrected chi connectivity index (χ1v) is 12.5. The Morgan fingerprint density at radius 1 is 1.10 bits per heavy atom. The molecule has 172 valence electrons. The number of nitrogens with one attached hydrogen (secondary N) is 1. The van der Waals surface area contributed by atoms with Crippen LogP contribution >= 0.6 is 0 Å². The zero-order valence-corrected chi connectivity index (χ0v) is 19.0. The molecular formula is C22H33N3O5S. The molecule has 9 heteroatoms. The second-order valence-corrected chi connectivity index (χ2v) is 10.3. The van der Waals surface area contributed by atoms with Gasteiger partial charge >= 0.3 is 0 Å². The van der Waals surface area contributed by atoms with Crippen molar-refractivity contribution in [1.82, 2.24) is 14.5 Å². The minimum atomic E-state index is -3.51. The summed E-state index contributed by atoms with van der Waals surface area (Å²) in [4.78, 5) is 26.5. The van der Waals surface area contributed by atoms with Crippen LogP contribution in [0.2, 0.25) is 0 Å². The van der Waals surface area contributed by atoms with Crippen LogP contribution in [-0.4, -0.2) is 75.4 Å². The first kappa shape index (κ1) is 23.7. The highest BCUT2D eigenvalue weighted by Gasteiger charge is 2.26. The van der Waals surface area contributed by atoms with Crippen molar-refractivity contribution < 1.29 is 22.7 Å². The molecule has 1 unspecified atom stereocenters. The van der Waals surface area contributed by atoms with Gasteiger partial charge in [-0.2, -0.15) is 4.31 Å². The molecule has 0 spiro atoms. The Morgan fingerprint density at radius 2 is 1.81 bits per heavy atom. The van der Waals surface area contributed by atoms with Gasteiger partial charge < -0.3 is 15.0 Å². The predicted octanol–water partition coefficient (Wildman–Crippen LogP) is 1.40. The van der Waals surface area contributed by atoms with Crippen molar-refractivity contribution in [2.75, 3.05) is 45.9 Å². The molecule has 2 fully saturated rings. The zero-order valence-electron chi connectivity index (χ0n) is 18.2. The van der Waals surface area contributed by atoms with E-state index in [0.717, 1.165) is 25.1 Å². The lowest BCUT2D eigenvalue weighted by Crippen LogP contribution is -2.40. The highest BCUT2D eigenvalue weighted by atomic mass is 32.2. The van der Waals surface area contributed by atoms with Gasteiger partial charge in [0.2, 0.25) is 21.8 Å². The zero-order chi connectivity index (χ0) is 22.3. The number of nitrogens with zero attached hydrogens (tertiary/aromatic N) is 2. The molecule has 2 aliphatic rings. The number of hydrogen-bond donors (Lipinski definition) is 1. The van der Waals surface area contributed by atoms with Gasteiger partial charge in [0.1, 0.15) is 0 Å². The number of aryl methyl sites for hydroxylation is 1. The number of benzene rings is 1. The van der Waals surface area contributed by atoms with Gasteiger partial charge in [-0.15, -0.1) is 0 Å². The van der Waals surface area contributed by atoms with E-state index in [1.807, 2.05) is 4.90 Å². The van der Waals surface area contributed by atoms with E-state index in [2.05, 4.69) is 12.2 Å². The maximum atomic E-state index is 12.6. The molecule has 0 aromatic heterocycles. The molecule has 3 rings (SSSR count). The third kappa shape index (κ3) is 6.75. The minimum Gasteiger partial charge on any atom is -0.379 e. The molecule has 2 saturated heterocycles. The Kier molecular flexibility index (Phi) is 8.45. The van der Waals surface area contributed by atoms with E-state index in [0.29, 0.717) is 58.0 Å². The van der Waals surface area contributed by atoms with E-state index in [4.69, 9.17) is 4.74 Å². The number of piperidine rings is 1. The van der Waals surface area contributed by atoms with Gasteiger partial charge in [-0.1, -0.05) is 19.1 Å². The summed E-state index contributed by atoms with van der Waals surface area (Å²) in [5, 5.41) is 2.81. The number of carbonyl (C=O) groups excluding carboxylic acids is 2. The number of carbonyl (C=O) groups is 2. The largest absolute Gasteiger partial charge is 0.379 e. The van der Waals surface area contributed by atoms with Gasteiger partial charge in [-0.3, -0.25) is 9.59 Å². The van der Waals surface area contributed by atoms with Crippen LogP contribution in [0.15, 0.2) is 29.2 Å². The quantitative estimate of drug-likeness (QED) is 0.645. The number of hydrogen-bond acceptors (Lipinski definition) is 5. The van der Waals surface area contributed by atoms with E-state index >= 15 is 0 Å². The summed E-state index contributed by atoms with van der Waals surface area (Å²) in [6.45, 7) is 5.68. The molecule has 0 aliphatic carbocycles. The summed E-state index contributed by atoms with van der Waals surface area (Å²) in [6.07, 6.45) is 3.35. The summed E-state index contributed by atoms with van der Waals surface area (Å²) in [5.74, 6) is 0.538. The van der Waals surface area contributed by atoms with E-state index in [1.165, 1.54) is 10.7 Å². The normalized spacial score (nSPS) is 20.4. The van der Waals surface area contributed by atoms with Gasteiger partial charge in [0.15, 0.2) is 0 Å². The molecule has 0 saturated carbocycles. The molecule has 1 N–H and O–H groups in total. The van der Waals surface area contributed by atoms with Gasteiger partial charge in [0.05, 0.1) is 18.1 Å². The van der Waals surface area contributed by atoms with E-state index < -0.39 is 10.0 Å². The maximum absolute atomic E-state index is 12.6. The first-order chi connectivity index (χ1) is 14.9. The fourth-order valence-electron chi connectivity index (χ4n) is 3.99. The molecule has 1 atom stereocenters. The summed E-state index contributed by atoms with van der Waals surface area (Å²) < 4.78 is 31.9. The van der Waals surface area contributed by atoms with Crippen LogP contribution in [-0.2, 0) is 30.8 Å². The lowest BCUT2D eigenvalue weighted by Gasteiger charge is -2.31. The standard InChI is InChI=1S/C22H33N3O5S/c1-18-3-2-12-24(17-18)22(27)10-11-23-21(26)9-6-19-4-7-20(8-5-19)31(28,29)25-13-15-30-16-14-25/h4-5,7-8,18H,2-3,6,9-17H2,1H3,(H,23,26). The van der Waals surface area contributed by atoms with Crippen LogP contribution in [0.4, 0.5) is 0 Å².